The van der Waals surface area contributed by atoms with E-state index in [1.165, 1.54) is 51.4 Å². The molecule has 0 aromatic rings. The molecular formula is C69H113NO10. The maximum atomic E-state index is 13.4. The second-order valence-electron chi connectivity index (χ2n) is 21.1. The van der Waals surface area contributed by atoms with Crippen molar-refractivity contribution in [1.82, 2.24) is 5.32 Å². The number of unbranched alkanes of at least 4 members (excludes halogenated alkanes) is 20. The average Bonchev–Trinajstić information content (AvgIpc) is 3.51. The molecule has 1 heterocycles. The van der Waals surface area contributed by atoms with Crippen LogP contribution in [0, 0.1) is 0 Å². The predicted molar refractivity (Wildman–Crippen MR) is 333 cm³/mol. The summed E-state index contributed by atoms with van der Waals surface area (Å²) >= 11 is 0. The maximum absolute atomic E-state index is 13.4. The van der Waals surface area contributed by atoms with Gasteiger partial charge in [-0.2, -0.15) is 0 Å². The van der Waals surface area contributed by atoms with Crippen molar-refractivity contribution in [3.05, 3.63) is 134 Å². The first-order valence-electron chi connectivity index (χ1n) is 31.5. The van der Waals surface area contributed by atoms with Crippen molar-refractivity contribution in [2.75, 3.05) is 13.2 Å². The lowest BCUT2D eigenvalue weighted by atomic mass is 9.99. The van der Waals surface area contributed by atoms with Crippen LogP contribution >= 0.6 is 0 Å². The minimum atomic E-state index is -1.64. The third-order valence-corrected chi connectivity index (χ3v) is 13.9. The number of aliphatic hydroxyl groups is 5. The van der Waals surface area contributed by atoms with Crippen LogP contribution in [0.1, 0.15) is 226 Å². The average molecular weight is 1120 g/mol. The van der Waals surface area contributed by atoms with E-state index < -0.39 is 67.4 Å². The van der Waals surface area contributed by atoms with Crippen LogP contribution in [0.2, 0.25) is 0 Å². The molecule has 1 aliphatic rings. The van der Waals surface area contributed by atoms with Gasteiger partial charge in [0.05, 0.1) is 25.4 Å². The van der Waals surface area contributed by atoms with Crippen LogP contribution in [-0.4, -0.2) is 99.6 Å². The van der Waals surface area contributed by atoms with E-state index in [1.807, 2.05) is 42.5 Å². The summed E-state index contributed by atoms with van der Waals surface area (Å²) in [6.45, 7) is 5.48. The molecule has 0 bridgehead atoms. The van der Waals surface area contributed by atoms with Crippen LogP contribution < -0.4 is 5.32 Å². The third-order valence-electron chi connectivity index (χ3n) is 13.9. The standard InChI is InChI=1S/C69H113NO10/c1-4-7-10-13-16-19-22-25-26-27-28-29-30-31-32-33-34-35-36-37-39-41-44-47-50-53-56-62(73)68(77)70-60(61(72)55-52-49-46-43-40-24-21-18-15-12-9-6-3)59-78-69-67(66(76)65(75)63(58-71)79-69)80-64(74)57-54-51-48-45-42-38-23-20-17-14-11-8-5-2/h7-8,10-11,14,16-17,19-20,23,25-26,28-29,31-32,34-35,38,42,52,55,60-63,65-67,69,71-73,75-76H,4-6,9,12-13,15,18,21-22,24,27,30,33,36-37,39-41,43-51,53-54,56-59H2,1-3H3,(H,70,77)/b10-7-,11-8+,17-14+,19-16-,23-20-,26-25-,29-28-,32-31-,35-34-,42-38-,55-52+. The summed E-state index contributed by atoms with van der Waals surface area (Å²) in [6.07, 6.45) is 67.8. The largest absolute Gasteiger partial charge is 0.454 e. The highest BCUT2D eigenvalue weighted by Gasteiger charge is 2.47. The monoisotopic (exact) mass is 1120 g/mol. The number of hydrogen-bond donors (Lipinski definition) is 6. The van der Waals surface area contributed by atoms with Crippen LogP contribution in [0.25, 0.3) is 0 Å². The molecule has 80 heavy (non-hydrogen) atoms. The van der Waals surface area contributed by atoms with Gasteiger partial charge in [-0.3, -0.25) is 9.59 Å². The van der Waals surface area contributed by atoms with E-state index in [1.54, 1.807) is 6.08 Å². The zero-order valence-electron chi connectivity index (χ0n) is 50.1. The number of allylic oxidation sites excluding steroid dienone is 21. The molecule has 6 N–H and O–H groups in total. The van der Waals surface area contributed by atoms with Gasteiger partial charge in [-0.15, -0.1) is 0 Å². The van der Waals surface area contributed by atoms with Gasteiger partial charge < -0.3 is 45.1 Å². The smallest absolute Gasteiger partial charge is 0.306 e. The van der Waals surface area contributed by atoms with Crippen molar-refractivity contribution in [3.8, 4) is 0 Å². The fourth-order valence-corrected chi connectivity index (χ4v) is 8.96. The van der Waals surface area contributed by atoms with Crippen molar-refractivity contribution < 1.29 is 49.3 Å². The number of rotatable bonds is 51. The minimum absolute atomic E-state index is 0.0695. The van der Waals surface area contributed by atoms with Crippen LogP contribution in [-0.2, 0) is 23.8 Å². The quantitative estimate of drug-likeness (QED) is 0.0149. The Morgan fingerprint density at radius 3 is 1.50 bits per heavy atom. The third kappa shape index (κ3) is 42.6. The Bertz CT molecular complexity index is 1810. The molecule has 1 aliphatic heterocycles. The van der Waals surface area contributed by atoms with Crippen LogP contribution in [0.15, 0.2) is 134 Å². The van der Waals surface area contributed by atoms with E-state index in [4.69, 9.17) is 14.2 Å². The molecule has 1 saturated heterocycles. The molecular weight excluding hydrogens is 1000 g/mol. The summed E-state index contributed by atoms with van der Waals surface area (Å²) < 4.78 is 17.5. The SMILES string of the molecule is CC/C=C\C/C=C\C/C=C\C/C=C\C/C=C\C/C=C\CCCCCCCCCC(O)C(=O)NC(COC1OC(CO)C(O)C(O)C1OC(=O)CCCCC\C=C/C=C\C=C\C=C\CC)C(O)/C=C/CCCCCCCCCCCC. The number of carbonyl (C=O) groups excluding carboxylic acids is 2. The number of hydrogen-bond acceptors (Lipinski definition) is 10. The van der Waals surface area contributed by atoms with Crippen molar-refractivity contribution in [3.63, 3.8) is 0 Å². The highest BCUT2D eigenvalue weighted by atomic mass is 16.7. The molecule has 8 atom stereocenters. The van der Waals surface area contributed by atoms with Gasteiger partial charge in [-0.25, -0.2) is 0 Å². The van der Waals surface area contributed by atoms with Crippen LogP contribution in [0.3, 0.4) is 0 Å². The van der Waals surface area contributed by atoms with E-state index in [0.29, 0.717) is 12.8 Å². The minimum Gasteiger partial charge on any atom is -0.454 e. The second kappa shape index (κ2) is 55.3. The zero-order valence-corrected chi connectivity index (χ0v) is 50.1. The molecule has 0 aromatic carbocycles. The Morgan fingerprint density at radius 1 is 0.512 bits per heavy atom. The topological polar surface area (TPSA) is 175 Å². The molecule has 11 heteroatoms. The Kier molecular flexibility index (Phi) is 51.1. The van der Waals surface area contributed by atoms with Crippen LogP contribution in [0.5, 0.6) is 0 Å². The van der Waals surface area contributed by atoms with Gasteiger partial charge in [0.25, 0.3) is 0 Å². The van der Waals surface area contributed by atoms with Gasteiger partial charge >= 0.3 is 5.97 Å². The molecule has 454 valence electrons. The fraction of sp³-hybridized carbons (Fsp3) is 0.652. The molecule has 1 rings (SSSR count). The van der Waals surface area contributed by atoms with Gasteiger partial charge in [-0.1, -0.05) is 257 Å². The van der Waals surface area contributed by atoms with Gasteiger partial charge in [0.1, 0.15) is 24.4 Å². The molecule has 0 spiro atoms. The molecule has 0 radical (unpaired) electrons. The number of ether oxygens (including phenoxy) is 3. The summed E-state index contributed by atoms with van der Waals surface area (Å²) in [6, 6.07) is -1.05. The van der Waals surface area contributed by atoms with E-state index in [0.717, 1.165) is 128 Å². The van der Waals surface area contributed by atoms with Crippen molar-refractivity contribution in [2.45, 2.75) is 275 Å². The summed E-state index contributed by atoms with van der Waals surface area (Å²) in [5.41, 5.74) is 0. The zero-order chi connectivity index (χ0) is 58.2. The summed E-state index contributed by atoms with van der Waals surface area (Å²) in [5.74, 6) is -1.26. The molecule has 0 aromatic heterocycles. The van der Waals surface area contributed by atoms with Gasteiger partial charge in [0.15, 0.2) is 12.4 Å². The predicted octanol–water partition coefficient (Wildman–Crippen LogP) is 15.2. The lowest BCUT2D eigenvalue weighted by molar-refractivity contribution is -0.305. The Hall–Kier alpha value is -4.20. The first-order valence-corrected chi connectivity index (χ1v) is 31.5. The molecule has 0 saturated carbocycles. The highest BCUT2D eigenvalue weighted by Crippen LogP contribution is 2.26. The van der Waals surface area contributed by atoms with E-state index in [9.17, 15) is 35.1 Å². The van der Waals surface area contributed by atoms with E-state index in [-0.39, 0.29) is 19.4 Å². The summed E-state index contributed by atoms with van der Waals surface area (Å²) in [4.78, 5) is 26.5. The van der Waals surface area contributed by atoms with Crippen LogP contribution in [0.4, 0.5) is 0 Å². The Balaban J connectivity index is 2.65. The number of nitrogens with one attached hydrogen (secondary N) is 1. The van der Waals surface area contributed by atoms with Crippen molar-refractivity contribution >= 4 is 11.9 Å². The fourth-order valence-electron chi connectivity index (χ4n) is 8.96. The molecule has 11 nitrogen and oxygen atoms in total. The lowest BCUT2D eigenvalue weighted by Crippen LogP contribution is -2.61. The number of aliphatic hydroxyl groups excluding tert-OH is 5. The normalized spacial score (nSPS) is 19.7. The first-order chi connectivity index (χ1) is 39.2. The van der Waals surface area contributed by atoms with Crippen molar-refractivity contribution in [2.24, 2.45) is 0 Å². The van der Waals surface area contributed by atoms with E-state index >= 15 is 0 Å². The molecule has 1 fully saturated rings. The second-order valence-corrected chi connectivity index (χ2v) is 21.1. The molecule has 1 amide bonds. The van der Waals surface area contributed by atoms with Gasteiger partial charge in [0, 0.05) is 6.42 Å². The van der Waals surface area contributed by atoms with E-state index in [2.05, 4.69) is 111 Å². The van der Waals surface area contributed by atoms with Gasteiger partial charge in [0.2, 0.25) is 5.91 Å². The van der Waals surface area contributed by atoms with Gasteiger partial charge in [-0.05, 0) is 96.3 Å². The Labute approximate surface area is 486 Å². The molecule has 0 aliphatic carbocycles. The molecule has 8 unspecified atom stereocenters. The highest BCUT2D eigenvalue weighted by molar-refractivity contribution is 5.80. The summed E-state index contributed by atoms with van der Waals surface area (Å²) in [7, 11) is 0. The first kappa shape index (κ1) is 73.8. The van der Waals surface area contributed by atoms with Crippen molar-refractivity contribution in [1.29, 1.82) is 0 Å². The number of carbonyl (C=O) groups is 2. The number of amides is 1. The number of esters is 1. The summed E-state index contributed by atoms with van der Waals surface area (Å²) in [5, 5.41) is 56.9. The Morgan fingerprint density at radius 2 is 0.963 bits per heavy atom. The maximum Gasteiger partial charge on any atom is 0.306 e. The lowest BCUT2D eigenvalue weighted by Gasteiger charge is -2.41.